The Kier molecular flexibility index (Phi) is 7.90. The molecule has 0 aromatic heterocycles. The lowest BCUT2D eigenvalue weighted by Gasteiger charge is -2.20. The number of carbonyl (C=O) groups is 2. The molecule has 1 heterocycles. The molecule has 0 spiro atoms. The number of rotatable bonds is 8. The zero-order chi connectivity index (χ0) is 23.1. The fraction of sp³-hybridized carbons (Fsp3) is 0.417. The number of hydrogen-bond donors (Lipinski definition) is 2. The van der Waals surface area contributed by atoms with E-state index in [0.29, 0.717) is 37.2 Å². The Morgan fingerprint density at radius 1 is 1.00 bits per heavy atom. The van der Waals surface area contributed by atoms with Crippen LogP contribution in [0.3, 0.4) is 0 Å². The molecule has 0 aliphatic carbocycles. The number of sulfonamides is 1. The van der Waals surface area contributed by atoms with Gasteiger partial charge in [0.15, 0.2) is 0 Å². The average molecular weight is 458 g/mol. The molecular weight excluding hydrogens is 426 g/mol. The van der Waals surface area contributed by atoms with E-state index in [-0.39, 0.29) is 16.7 Å². The van der Waals surface area contributed by atoms with Crippen molar-refractivity contribution >= 4 is 27.5 Å². The van der Waals surface area contributed by atoms with Gasteiger partial charge in [-0.3, -0.25) is 14.3 Å². The topological polar surface area (TPSA) is 95.6 Å². The van der Waals surface area contributed by atoms with E-state index in [1.54, 1.807) is 12.1 Å². The molecular formula is C24H31N3O4S. The minimum Gasteiger partial charge on any atom is -0.352 e. The van der Waals surface area contributed by atoms with E-state index in [0.717, 1.165) is 36.9 Å². The van der Waals surface area contributed by atoms with Gasteiger partial charge in [0.1, 0.15) is 0 Å². The number of hydrogen-bond acceptors (Lipinski definition) is 4. The summed E-state index contributed by atoms with van der Waals surface area (Å²) in [5, 5.41) is 2.84. The van der Waals surface area contributed by atoms with Crippen LogP contribution >= 0.6 is 0 Å². The van der Waals surface area contributed by atoms with Crippen LogP contribution in [0.15, 0.2) is 47.4 Å². The van der Waals surface area contributed by atoms with Crippen molar-refractivity contribution in [1.82, 2.24) is 10.2 Å². The molecule has 0 atom stereocenters. The highest BCUT2D eigenvalue weighted by atomic mass is 32.2. The van der Waals surface area contributed by atoms with Gasteiger partial charge in [-0.15, -0.1) is 0 Å². The molecule has 7 nitrogen and oxygen atoms in total. The van der Waals surface area contributed by atoms with Crippen LogP contribution in [0.25, 0.3) is 0 Å². The van der Waals surface area contributed by atoms with E-state index in [9.17, 15) is 18.0 Å². The summed E-state index contributed by atoms with van der Waals surface area (Å²) in [6.07, 6.45) is 4.37. The van der Waals surface area contributed by atoms with Crippen LogP contribution in [0, 0.1) is 13.8 Å². The predicted octanol–water partition coefficient (Wildman–Crippen LogP) is 3.63. The Morgan fingerprint density at radius 2 is 1.75 bits per heavy atom. The lowest BCUT2D eigenvalue weighted by Crippen LogP contribution is -2.34. The number of amides is 2. The Hall–Kier alpha value is -2.87. The van der Waals surface area contributed by atoms with Crippen molar-refractivity contribution in [3.63, 3.8) is 0 Å². The second kappa shape index (κ2) is 10.6. The van der Waals surface area contributed by atoms with Crippen LogP contribution < -0.4 is 10.0 Å². The average Bonchev–Trinajstić information content (AvgIpc) is 2.97. The third-order valence-electron chi connectivity index (χ3n) is 5.75. The summed E-state index contributed by atoms with van der Waals surface area (Å²) < 4.78 is 27.9. The fourth-order valence-corrected chi connectivity index (χ4v) is 4.70. The molecule has 32 heavy (non-hydrogen) atoms. The molecule has 1 fully saturated rings. The van der Waals surface area contributed by atoms with Crippen molar-refractivity contribution in [3.05, 3.63) is 59.2 Å². The van der Waals surface area contributed by atoms with Crippen molar-refractivity contribution in [1.29, 1.82) is 0 Å². The zero-order valence-corrected chi connectivity index (χ0v) is 19.5. The Labute approximate surface area is 190 Å². The largest absolute Gasteiger partial charge is 0.352 e. The van der Waals surface area contributed by atoms with Crippen molar-refractivity contribution < 1.29 is 18.0 Å². The Morgan fingerprint density at radius 3 is 2.47 bits per heavy atom. The predicted molar refractivity (Wildman–Crippen MR) is 125 cm³/mol. The van der Waals surface area contributed by atoms with Gasteiger partial charge < -0.3 is 10.2 Å². The van der Waals surface area contributed by atoms with Gasteiger partial charge in [-0.25, -0.2) is 8.42 Å². The van der Waals surface area contributed by atoms with E-state index >= 15 is 0 Å². The first-order chi connectivity index (χ1) is 15.3. The van der Waals surface area contributed by atoms with Gasteiger partial charge in [0.25, 0.3) is 15.9 Å². The van der Waals surface area contributed by atoms with Gasteiger partial charge in [0.05, 0.1) is 4.90 Å². The third-order valence-corrected chi connectivity index (χ3v) is 7.14. The Bertz CT molecular complexity index is 1070. The fourth-order valence-electron chi connectivity index (χ4n) is 3.65. The molecule has 3 rings (SSSR count). The smallest absolute Gasteiger partial charge is 0.261 e. The summed E-state index contributed by atoms with van der Waals surface area (Å²) in [5.74, 6) is -0.0710. The van der Waals surface area contributed by atoms with Gasteiger partial charge in [0, 0.05) is 37.3 Å². The number of nitrogens with one attached hydrogen (secondary N) is 2. The molecule has 0 radical (unpaired) electrons. The van der Waals surface area contributed by atoms with Gasteiger partial charge >= 0.3 is 0 Å². The third kappa shape index (κ3) is 6.32. The number of nitrogens with zero attached hydrogens (tertiary/aromatic N) is 1. The quantitative estimate of drug-likeness (QED) is 0.592. The van der Waals surface area contributed by atoms with E-state index < -0.39 is 10.0 Å². The summed E-state index contributed by atoms with van der Waals surface area (Å²) in [7, 11) is -3.75. The van der Waals surface area contributed by atoms with Crippen molar-refractivity contribution in [2.75, 3.05) is 24.4 Å². The standard InChI is InChI=1S/C24H31N3O4S/c1-18-8-11-21(17-19(18)2)26-32(30,31)22-12-9-20(10-13-22)24(29)25-14-6-16-27-15-5-3-4-7-23(27)28/h8-13,17,26H,3-7,14-16H2,1-2H3,(H,25,29). The number of aryl methyl sites for hydroxylation is 2. The summed E-state index contributed by atoms with van der Waals surface area (Å²) >= 11 is 0. The van der Waals surface area contributed by atoms with Crippen molar-refractivity contribution in [2.24, 2.45) is 0 Å². The zero-order valence-electron chi connectivity index (χ0n) is 18.7. The summed E-state index contributed by atoms with van der Waals surface area (Å²) in [6.45, 7) is 5.77. The number of anilines is 1. The molecule has 2 aromatic rings. The number of carbonyl (C=O) groups excluding carboxylic acids is 2. The summed E-state index contributed by atoms with van der Waals surface area (Å²) in [4.78, 5) is 26.4. The highest BCUT2D eigenvalue weighted by molar-refractivity contribution is 7.92. The highest BCUT2D eigenvalue weighted by Gasteiger charge is 2.17. The minimum absolute atomic E-state index is 0.0898. The first kappa shape index (κ1) is 23.8. The van der Waals surface area contributed by atoms with E-state index in [1.807, 2.05) is 24.8 Å². The van der Waals surface area contributed by atoms with Crippen LogP contribution in [0.1, 0.15) is 53.6 Å². The number of benzene rings is 2. The van der Waals surface area contributed by atoms with Crippen LogP contribution in [0.4, 0.5) is 5.69 Å². The highest BCUT2D eigenvalue weighted by Crippen LogP contribution is 2.19. The van der Waals surface area contributed by atoms with Crippen molar-refractivity contribution in [2.45, 2.75) is 50.8 Å². The molecule has 172 valence electrons. The van der Waals surface area contributed by atoms with E-state index in [4.69, 9.17) is 0 Å². The molecule has 2 N–H and O–H groups in total. The van der Waals surface area contributed by atoms with Crippen LogP contribution in [-0.2, 0) is 14.8 Å². The molecule has 1 saturated heterocycles. The SMILES string of the molecule is Cc1ccc(NS(=O)(=O)c2ccc(C(=O)NCCCN3CCCCCC3=O)cc2)cc1C. The van der Waals surface area contributed by atoms with Gasteiger partial charge in [-0.05, 0) is 80.6 Å². The maximum Gasteiger partial charge on any atom is 0.261 e. The first-order valence-corrected chi connectivity index (χ1v) is 12.5. The number of likely N-dealkylation sites (tertiary alicyclic amines) is 1. The Balaban J connectivity index is 1.52. The normalized spacial score (nSPS) is 14.7. The first-order valence-electron chi connectivity index (χ1n) is 11.0. The lowest BCUT2D eigenvalue weighted by atomic mass is 10.1. The van der Waals surface area contributed by atoms with E-state index in [2.05, 4.69) is 10.0 Å². The van der Waals surface area contributed by atoms with Crippen LogP contribution in [0.5, 0.6) is 0 Å². The summed E-state index contributed by atoms with van der Waals surface area (Å²) in [6, 6.07) is 11.2. The second-order valence-corrected chi connectivity index (χ2v) is 9.91. The van der Waals surface area contributed by atoms with Crippen LogP contribution in [-0.4, -0.2) is 44.8 Å². The van der Waals surface area contributed by atoms with Crippen LogP contribution in [0.2, 0.25) is 0 Å². The van der Waals surface area contributed by atoms with E-state index in [1.165, 1.54) is 24.3 Å². The molecule has 1 aliphatic heterocycles. The molecule has 0 saturated carbocycles. The van der Waals surface area contributed by atoms with Gasteiger partial charge in [0.2, 0.25) is 5.91 Å². The lowest BCUT2D eigenvalue weighted by molar-refractivity contribution is -0.130. The molecule has 1 aliphatic rings. The molecule has 0 unspecified atom stereocenters. The van der Waals surface area contributed by atoms with Gasteiger partial charge in [-0.1, -0.05) is 12.5 Å². The molecule has 2 amide bonds. The second-order valence-electron chi connectivity index (χ2n) is 8.23. The minimum atomic E-state index is -3.75. The maximum atomic E-state index is 12.6. The van der Waals surface area contributed by atoms with Crippen molar-refractivity contribution in [3.8, 4) is 0 Å². The molecule has 8 heteroatoms. The maximum absolute atomic E-state index is 12.6. The van der Waals surface area contributed by atoms with Gasteiger partial charge in [-0.2, -0.15) is 0 Å². The molecule has 0 bridgehead atoms. The molecule has 2 aromatic carbocycles. The summed E-state index contributed by atoms with van der Waals surface area (Å²) in [5.41, 5.74) is 2.97. The monoisotopic (exact) mass is 457 g/mol.